The maximum Gasteiger partial charge on any atom is 0.131 e. The van der Waals surface area contributed by atoms with Gasteiger partial charge in [-0.05, 0) is 37.9 Å². The van der Waals surface area contributed by atoms with Gasteiger partial charge in [0.05, 0.1) is 11.7 Å². The molecule has 3 rings (SSSR count). The topological polar surface area (TPSA) is 55.6 Å². The molecule has 1 aliphatic heterocycles. The Kier molecular flexibility index (Phi) is 2.53. The van der Waals surface area contributed by atoms with Crippen LogP contribution in [0.3, 0.4) is 0 Å². The van der Waals surface area contributed by atoms with Crippen molar-refractivity contribution in [1.82, 2.24) is 25.3 Å². The van der Waals surface area contributed by atoms with Crippen LogP contribution in [0, 0.1) is 5.92 Å². The van der Waals surface area contributed by atoms with Crippen LogP contribution in [-0.4, -0.2) is 33.1 Å². The molecule has 5 heteroatoms. The smallest absolute Gasteiger partial charge is 0.131 e. The van der Waals surface area contributed by atoms with Gasteiger partial charge in [-0.1, -0.05) is 5.21 Å². The summed E-state index contributed by atoms with van der Waals surface area (Å²) in [5.74, 6) is 0.722. The van der Waals surface area contributed by atoms with E-state index < -0.39 is 0 Å². The molecule has 0 aromatic carbocycles. The lowest BCUT2D eigenvalue weighted by molar-refractivity contribution is 0.322. The van der Waals surface area contributed by atoms with Crippen LogP contribution in [0.1, 0.15) is 12.8 Å². The van der Waals surface area contributed by atoms with Crippen LogP contribution in [0.15, 0.2) is 18.5 Å². The molecule has 0 saturated carbocycles. The summed E-state index contributed by atoms with van der Waals surface area (Å²) in [6.07, 6.45) is 6.02. The summed E-state index contributed by atoms with van der Waals surface area (Å²) in [5.41, 5.74) is 1.98. The van der Waals surface area contributed by atoms with Crippen molar-refractivity contribution in [2.45, 2.75) is 19.4 Å². The molecule has 3 heterocycles. The first-order valence-corrected chi connectivity index (χ1v) is 5.77. The maximum atomic E-state index is 4.20. The van der Waals surface area contributed by atoms with Gasteiger partial charge in [0.25, 0.3) is 0 Å². The molecule has 0 spiro atoms. The molecule has 0 radical (unpaired) electrons. The first kappa shape index (κ1) is 9.72. The fourth-order valence-electron chi connectivity index (χ4n) is 2.27. The average molecular weight is 217 g/mol. The second-order valence-corrected chi connectivity index (χ2v) is 4.33. The summed E-state index contributed by atoms with van der Waals surface area (Å²) in [5, 5.41) is 11.7. The number of fused-ring (bicyclic) bond motifs is 1. The lowest BCUT2D eigenvalue weighted by Gasteiger charge is -2.22. The van der Waals surface area contributed by atoms with E-state index in [4.69, 9.17) is 0 Å². The Bertz CT molecular complexity index is 472. The summed E-state index contributed by atoms with van der Waals surface area (Å²) in [6.45, 7) is 3.22. The molecule has 16 heavy (non-hydrogen) atoms. The van der Waals surface area contributed by atoms with E-state index in [-0.39, 0.29) is 0 Å². The Morgan fingerprint density at radius 3 is 3.12 bits per heavy atom. The number of rotatable bonds is 2. The van der Waals surface area contributed by atoms with Gasteiger partial charge in [0.2, 0.25) is 0 Å². The van der Waals surface area contributed by atoms with E-state index in [0.717, 1.165) is 36.6 Å². The van der Waals surface area contributed by atoms with Crippen LogP contribution < -0.4 is 5.32 Å². The second kappa shape index (κ2) is 4.17. The number of hydrogen-bond donors (Lipinski definition) is 1. The van der Waals surface area contributed by atoms with Crippen LogP contribution in [0.25, 0.3) is 11.0 Å². The zero-order chi connectivity index (χ0) is 10.8. The zero-order valence-electron chi connectivity index (χ0n) is 9.13. The van der Waals surface area contributed by atoms with Crippen LogP contribution >= 0.6 is 0 Å². The monoisotopic (exact) mass is 217 g/mol. The van der Waals surface area contributed by atoms with E-state index in [1.165, 1.54) is 12.8 Å². The van der Waals surface area contributed by atoms with E-state index >= 15 is 0 Å². The van der Waals surface area contributed by atoms with E-state index in [0.29, 0.717) is 0 Å². The molecule has 1 fully saturated rings. The molecule has 2 aromatic rings. The van der Waals surface area contributed by atoms with Gasteiger partial charge in [0.1, 0.15) is 5.52 Å². The third-order valence-electron chi connectivity index (χ3n) is 3.21. The third kappa shape index (κ3) is 1.78. The Labute approximate surface area is 93.9 Å². The normalized spacial score (nSPS) is 18.0. The van der Waals surface area contributed by atoms with Crippen molar-refractivity contribution in [3.8, 4) is 0 Å². The van der Waals surface area contributed by atoms with Gasteiger partial charge >= 0.3 is 0 Å². The van der Waals surface area contributed by atoms with Gasteiger partial charge in [0.15, 0.2) is 0 Å². The summed E-state index contributed by atoms with van der Waals surface area (Å²) < 4.78 is 2.01. The lowest BCUT2D eigenvalue weighted by Crippen LogP contribution is -2.30. The number of aromatic nitrogens is 4. The molecule has 84 valence electrons. The lowest BCUT2D eigenvalue weighted by atomic mass is 9.98. The van der Waals surface area contributed by atoms with E-state index in [1.54, 1.807) is 12.4 Å². The zero-order valence-corrected chi connectivity index (χ0v) is 9.13. The highest BCUT2D eigenvalue weighted by atomic mass is 15.4. The van der Waals surface area contributed by atoms with Crippen molar-refractivity contribution in [1.29, 1.82) is 0 Å². The molecule has 5 nitrogen and oxygen atoms in total. The van der Waals surface area contributed by atoms with E-state index in [1.807, 2.05) is 10.7 Å². The summed E-state index contributed by atoms with van der Waals surface area (Å²) in [4.78, 5) is 4.05. The van der Waals surface area contributed by atoms with Gasteiger partial charge in [0, 0.05) is 12.7 Å². The van der Waals surface area contributed by atoms with Gasteiger partial charge in [-0.15, -0.1) is 5.10 Å². The molecular formula is C11H15N5. The predicted molar refractivity (Wildman–Crippen MR) is 60.9 cm³/mol. The van der Waals surface area contributed by atoms with E-state index in [9.17, 15) is 0 Å². The molecule has 0 aliphatic carbocycles. The highest BCUT2D eigenvalue weighted by Crippen LogP contribution is 2.16. The molecule has 1 N–H and O–H groups in total. The van der Waals surface area contributed by atoms with Crippen LogP contribution in [0.5, 0.6) is 0 Å². The standard InChI is InChI=1S/C11H15N5/c1-4-12-5-2-9(1)8-16-11-3-6-13-7-10(11)14-15-16/h3,6-7,9,12H,1-2,4-5,8H2. The average Bonchev–Trinajstić information content (AvgIpc) is 2.74. The predicted octanol–water partition coefficient (Wildman–Crippen LogP) is 0.826. The van der Waals surface area contributed by atoms with Crippen molar-refractivity contribution in [3.63, 3.8) is 0 Å². The van der Waals surface area contributed by atoms with Crippen molar-refractivity contribution < 1.29 is 0 Å². The minimum Gasteiger partial charge on any atom is -0.317 e. The quantitative estimate of drug-likeness (QED) is 0.809. The number of nitrogens with one attached hydrogen (secondary N) is 1. The summed E-state index contributed by atoms with van der Waals surface area (Å²) in [7, 11) is 0. The van der Waals surface area contributed by atoms with Crippen molar-refractivity contribution >= 4 is 11.0 Å². The molecule has 0 atom stereocenters. The highest BCUT2D eigenvalue weighted by molar-refractivity contribution is 5.72. The first-order chi connectivity index (χ1) is 7.93. The molecule has 0 unspecified atom stereocenters. The van der Waals surface area contributed by atoms with Gasteiger partial charge in [-0.2, -0.15) is 0 Å². The van der Waals surface area contributed by atoms with Gasteiger partial charge < -0.3 is 5.32 Å². The van der Waals surface area contributed by atoms with Crippen LogP contribution in [0.4, 0.5) is 0 Å². The Hall–Kier alpha value is -1.49. The summed E-state index contributed by atoms with van der Waals surface area (Å²) in [6, 6.07) is 1.98. The molecule has 1 saturated heterocycles. The number of hydrogen-bond acceptors (Lipinski definition) is 4. The number of piperidine rings is 1. The van der Waals surface area contributed by atoms with Crippen molar-refractivity contribution in [3.05, 3.63) is 18.5 Å². The van der Waals surface area contributed by atoms with Gasteiger partial charge in [-0.25, -0.2) is 4.68 Å². The number of nitrogens with zero attached hydrogens (tertiary/aromatic N) is 4. The molecule has 0 amide bonds. The molecule has 0 bridgehead atoms. The Morgan fingerprint density at radius 2 is 2.25 bits per heavy atom. The first-order valence-electron chi connectivity index (χ1n) is 5.77. The van der Waals surface area contributed by atoms with Crippen molar-refractivity contribution in [2.24, 2.45) is 5.92 Å². The largest absolute Gasteiger partial charge is 0.317 e. The van der Waals surface area contributed by atoms with Crippen molar-refractivity contribution in [2.75, 3.05) is 13.1 Å². The second-order valence-electron chi connectivity index (χ2n) is 4.33. The molecular weight excluding hydrogens is 202 g/mol. The molecule has 2 aromatic heterocycles. The number of pyridine rings is 1. The fraction of sp³-hybridized carbons (Fsp3) is 0.545. The third-order valence-corrected chi connectivity index (χ3v) is 3.21. The fourth-order valence-corrected chi connectivity index (χ4v) is 2.27. The van der Waals surface area contributed by atoms with Crippen LogP contribution in [-0.2, 0) is 6.54 Å². The Balaban J connectivity index is 1.83. The summed E-state index contributed by atoms with van der Waals surface area (Å²) >= 11 is 0. The van der Waals surface area contributed by atoms with Crippen LogP contribution in [0.2, 0.25) is 0 Å². The minimum absolute atomic E-state index is 0.722. The van der Waals surface area contributed by atoms with Gasteiger partial charge in [-0.3, -0.25) is 4.98 Å². The molecule has 1 aliphatic rings. The highest BCUT2D eigenvalue weighted by Gasteiger charge is 2.15. The van der Waals surface area contributed by atoms with E-state index in [2.05, 4.69) is 20.6 Å². The Morgan fingerprint density at radius 1 is 1.38 bits per heavy atom. The minimum atomic E-state index is 0.722. The maximum absolute atomic E-state index is 4.20. The SMILES string of the molecule is c1cc2c(cn1)nnn2CC1CCNCC1.